The van der Waals surface area contributed by atoms with Crippen LogP contribution in [0.2, 0.25) is 5.02 Å². The number of halogens is 1. The second kappa shape index (κ2) is 8.03. The summed E-state index contributed by atoms with van der Waals surface area (Å²) in [7, 11) is 1.89. The van der Waals surface area contributed by atoms with Gasteiger partial charge in [0.2, 0.25) is 5.91 Å². The number of hydrogen-bond donors (Lipinski definition) is 1. The predicted molar refractivity (Wildman–Crippen MR) is 103 cm³/mol. The number of thioether (sulfide) groups is 1. The Balaban J connectivity index is 1.64. The minimum absolute atomic E-state index is 0.0190. The van der Waals surface area contributed by atoms with E-state index in [1.807, 2.05) is 60.3 Å². The smallest absolute Gasteiger partial charge is 0.233 e. The third-order valence-electron chi connectivity index (χ3n) is 3.61. The summed E-state index contributed by atoms with van der Waals surface area (Å²) in [6, 6.07) is 11.4. The number of aromatic nitrogens is 3. The summed E-state index contributed by atoms with van der Waals surface area (Å²) >= 11 is 8.94. The van der Waals surface area contributed by atoms with Crippen LogP contribution in [-0.2, 0) is 18.4 Å². The Bertz CT molecular complexity index is 846. The van der Waals surface area contributed by atoms with Gasteiger partial charge in [-0.3, -0.25) is 4.79 Å². The molecule has 130 valence electrons. The maximum absolute atomic E-state index is 12.3. The Labute approximate surface area is 159 Å². The molecule has 1 unspecified atom stereocenters. The zero-order valence-corrected chi connectivity index (χ0v) is 16.2. The first-order chi connectivity index (χ1) is 12.0. The maximum atomic E-state index is 12.3. The first-order valence-electron chi connectivity index (χ1n) is 7.66. The van der Waals surface area contributed by atoms with E-state index in [0.717, 1.165) is 16.3 Å². The molecular weight excluding hydrogens is 376 g/mol. The lowest BCUT2D eigenvalue weighted by Gasteiger charge is -2.11. The number of carbonyl (C=O) groups excluding carboxylic acids is 1. The minimum atomic E-state index is -0.263. The molecule has 3 aromatic rings. The van der Waals surface area contributed by atoms with Gasteiger partial charge < -0.3 is 9.88 Å². The highest BCUT2D eigenvalue weighted by Crippen LogP contribution is 2.26. The lowest BCUT2D eigenvalue weighted by Crippen LogP contribution is -2.30. The van der Waals surface area contributed by atoms with Crippen molar-refractivity contribution in [2.24, 2.45) is 7.05 Å². The Kier molecular flexibility index (Phi) is 5.78. The summed E-state index contributed by atoms with van der Waals surface area (Å²) in [6.07, 6.45) is 0. The van der Waals surface area contributed by atoms with Gasteiger partial charge in [-0.05, 0) is 42.6 Å². The molecule has 0 fully saturated rings. The van der Waals surface area contributed by atoms with Crippen molar-refractivity contribution < 1.29 is 4.79 Å². The van der Waals surface area contributed by atoms with Crippen molar-refractivity contribution in [3.63, 3.8) is 0 Å². The summed E-state index contributed by atoms with van der Waals surface area (Å²) in [6.45, 7) is 2.42. The monoisotopic (exact) mass is 392 g/mol. The second-order valence-corrected chi connectivity index (χ2v) is 8.21. The zero-order valence-electron chi connectivity index (χ0n) is 13.8. The summed E-state index contributed by atoms with van der Waals surface area (Å²) in [5, 5.41) is 14.5. The van der Waals surface area contributed by atoms with Crippen LogP contribution in [0.25, 0.3) is 11.4 Å². The number of nitrogens with one attached hydrogen (secondary N) is 1. The van der Waals surface area contributed by atoms with Gasteiger partial charge in [-0.15, -0.1) is 21.5 Å². The highest BCUT2D eigenvalue weighted by atomic mass is 35.5. The van der Waals surface area contributed by atoms with Crippen molar-refractivity contribution in [2.45, 2.75) is 23.9 Å². The van der Waals surface area contributed by atoms with Crippen LogP contribution in [-0.4, -0.2) is 25.9 Å². The largest absolute Gasteiger partial charge is 0.350 e. The number of thiophene rings is 1. The SMILES string of the molecule is CC(Sc1nnc(-c2ccc(Cl)cc2)n1C)C(=O)NCc1cccs1. The van der Waals surface area contributed by atoms with E-state index in [1.165, 1.54) is 11.8 Å². The van der Waals surface area contributed by atoms with Crippen LogP contribution in [0.4, 0.5) is 0 Å². The molecule has 0 radical (unpaired) electrons. The quantitative estimate of drug-likeness (QED) is 0.644. The van der Waals surface area contributed by atoms with E-state index in [0.29, 0.717) is 16.7 Å². The molecule has 25 heavy (non-hydrogen) atoms. The molecule has 0 aliphatic carbocycles. The van der Waals surface area contributed by atoms with Gasteiger partial charge in [0.25, 0.3) is 0 Å². The Morgan fingerprint density at radius 2 is 2.08 bits per heavy atom. The molecule has 8 heteroatoms. The molecule has 1 aromatic carbocycles. The van der Waals surface area contributed by atoms with E-state index in [2.05, 4.69) is 15.5 Å². The number of nitrogens with zero attached hydrogens (tertiary/aromatic N) is 3. The average molecular weight is 393 g/mol. The molecule has 0 saturated carbocycles. The van der Waals surface area contributed by atoms with Gasteiger partial charge in [-0.1, -0.05) is 29.4 Å². The maximum Gasteiger partial charge on any atom is 0.233 e. The van der Waals surface area contributed by atoms with Crippen LogP contribution in [0.1, 0.15) is 11.8 Å². The summed E-state index contributed by atoms with van der Waals surface area (Å²) in [4.78, 5) is 13.4. The van der Waals surface area contributed by atoms with Crippen molar-refractivity contribution in [2.75, 3.05) is 0 Å². The molecule has 0 saturated heterocycles. The first kappa shape index (κ1) is 18.0. The van der Waals surface area contributed by atoms with Gasteiger partial charge in [0.1, 0.15) is 0 Å². The highest BCUT2D eigenvalue weighted by Gasteiger charge is 2.19. The minimum Gasteiger partial charge on any atom is -0.350 e. The Morgan fingerprint density at radius 3 is 2.76 bits per heavy atom. The molecule has 1 amide bonds. The Hall–Kier alpha value is -1.83. The van der Waals surface area contributed by atoms with E-state index in [9.17, 15) is 4.79 Å². The van der Waals surface area contributed by atoms with Crippen LogP contribution in [0.3, 0.4) is 0 Å². The lowest BCUT2D eigenvalue weighted by molar-refractivity contribution is -0.120. The van der Waals surface area contributed by atoms with Gasteiger partial charge in [0.15, 0.2) is 11.0 Å². The normalized spacial score (nSPS) is 12.1. The van der Waals surface area contributed by atoms with Crippen LogP contribution < -0.4 is 5.32 Å². The highest BCUT2D eigenvalue weighted by molar-refractivity contribution is 8.00. The van der Waals surface area contributed by atoms with E-state index in [1.54, 1.807) is 11.3 Å². The van der Waals surface area contributed by atoms with Crippen LogP contribution in [0, 0.1) is 0 Å². The number of benzene rings is 1. The molecule has 5 nitrogen and oxygen atoms in total. The number of carbonyl (C=O) groups is 1. The van der Waals surface area contributed by atoms with Crippen molar-refractivity contribution in [1.82, 2.24) is 20.1 Å². The van der Waals surface area contributed by atoms with Gasteiger partial charge >= 0.3 is 0 Å². The van der Waals surface area contributed by atoms with Gasteiger partial charge in [-0.25, -0.2) is 0 Å². The first-order valence-corrected chi connectivity index (χ1v) is 9.80. The fourth-order valence-electron chi connectivity index (χ4n) is 2.21. The molecular formula is C17H17ClN4OS2. The molecule has 0 spiro atoms. The fraction of sp³-hybridized carbons (Fsp3) is 0.235. The number of amides is 1. The van der Waals surface area contributed by atoms with Gasteiger partial charge in [0.05, 0.1) is 11.8 Å². The van der Waals surface area contributed by atoms with Crippen molar-refractivity contribution in [3.8, 4) is 11.4 Å². The molecule has 3 rings (SSSR count). The number of hydrogen-bond acceptors (Lipinski definition) is 5. The van der Waals surface area contributed by atoms with E-state index >= 15 is 0 Å². The number of rotatable bonds is 6. The molecule has 2 aromatic heterocycles. The molecule has 2 heterocycles. The molecule has 1 N–H and O–H groups in total. The standard InChI is InChI=1S/C17H17ClN4OS2/c1-11(16(23)19-10-14-4-3-9-24-14)25-17-21-20-15(22(17)2)12-5-7-13(18)8-6-12/h3-9,11H,10H2,1-2H3,(H,19,23). The van der Waals surface area contributed by atoms with E-state index in [4.69, 9.17) is 11.6 Å². The summed E-state index contributed by atoms with van der Waals surface area (Å²) in [5.74, 6) is 0.722. The second-order valence-electron chi connectivity index (χ2n) is 5.43. The van der Waals surface area contributed by atoms with Gasteiger partial charge in [0, 0.05) is 22.5 Å². The lowest BCUT2D eigenvalue weighted by atomic mass is 10.2. The molecule has 0 bridgehead atoms. The van der Waals surface area contributed by atoms with Crippen molar-refractivity contribution in [3.05, 3.63) is 51.7 Å². The third-order valence-corrected chi connectivity index (χ3v) is 5.87. The van der Waals surface area contributed by atoms with E-state index < -0.39 is 0 Å². The Morgan fingerprint density at radius 1 is 1.32 bits per heavy atom. The van der Waals surface area contributed by atoms with Crippen molar-refractivity contribution >= 4 is 40.6 Å². The predicted octanol–water partition coefficient (Wildman–Crippen LogP) is 3.99. The fourth-order valence-corrected chi connectivity index (χ4v) is 3.82. The average Bonchev–Trinajstić information content (AvgIpc) is 3.24. The topological polar surface area (TPSA) is 59.8 Å². The van der Waals surface area contributed by atoms with Crippen molar-refractivity contribution in [1.29, 1.82) is 0 Å². The molecule has 0 aliphatic rings. The summed E-state index contributed by atoms with van der Waals surface area (Å²) < 4.78 is 1.89. The van der Waals surface area contributed by atoms with Crippen LogP contribution >= 0.6 is 34.7 Å². The van der Waals surface area contributed by atoms with E-state index in [-0.39, 0.29) is 11.2 Å². The zero-order chi connectivity index (χ0) is 17.8. The third kappa shape index (κ3) is 4.42. The molecule has 0 aliphatic heterocycles. The van der Waals surface area contributed by atoms with Gasteiger partial charge in [-0.2, -0.15) is 0 Å². The van der Waals surface area contributed by atoms with Crippen LogP contribution in [0.15, 0.2) is 46.9 Å². The summed E-state index contributed by atoms with van der Waals surface area (Å²) in [5.41, 5.74) is 0.932. The van der Waals surface area contributed by atoms with Crippen LogP contribution in [0.5, 0.6) is 0 Å². The molecule has 1 atom stereocenters.